The summed E-state index contributed by atoms with van der Waals surface area (Å²) in [5.74, 6) is 0. The largest absolute Gasteiger partial charge is 0.444 e. The Morgan fingerprint density at radius 3 is 2.76 bits per heavy atom. The van der Waals surface area contributed by atoms with Crippen molar-refractivity contribution in [3.63, 3.8) is 0 Å². The Labute approximate surface area is 126 Å². The van der Waals surface area contributed by atoms with E-state index in [9.17, 15) is 4.79 Å². The number of rotatable bonds is 4. The molecule has 1 aliphatic carbocycles. The second-order valence-corrected chi connectivity index (χ2v) is 6.62. The van der Waals surface area contributed by atoms with E-state index >= 15 is 0 Å². The van der Waals surface area contributed by atoms with Crippen LogP contribution in [-0.4, -0.2) is 33.6 Å². The molecule has 6 heteroatoms. The summed E-state index contributed by atoms with van der Waals surface area (Å²) in [6, 6.07) is 2.42. The molecule has 0 aliphatic heterocycles. The molecule has 21 heavy (non-hydrogen) atoms. The van der Waals surface area contributed by atoms with Gasteiger partial charge < -0.3 is 15.4 Å². The number of nitrogens with one attached hydrogen (secondary N) is 2. The molecule has 0 radical (unpaired) electrons. The molecule has 2 atom stereocenters. The van der Waals surface area contributed by atoms with Gasteiger partial charge in [0, 0.05) is 31.9 Å². The van der Waals surface area contributed by atoms with Gasteiger partial charge in [0.15, 0.2) is 0 Å². The Morgan fingerprint density at radius 2 is 2.14 bits per heavy atom. The van der Waals surface area contributed by atoms with E-state index in [0.717, 1.165) is 31.5 Å². The van der Waals surface area contributed by atoms with E-state index in [1.54, 1.807) is 6.20 Å². The van der Waals surface area contributed by atoms with Crippen molar-refractivity contribution in [2.24, 2.45) is 7.05 Å². The van der Waals surface area contributed by atoms with Gasteiger partial charge in [-0.1, -0.05) is 0 Å². The zero-order chi connectivity index (χ0) is 15.5. The SMILES string of the molecule is Cn1nccc1CN[C@@H]1CCC[C@H]1NC(=O)OC(C)(C)C. The molecule has 1 aliphatic rings. The van der Waals surface area contributed by atoms with Gasteiger partial charge in [-0.25, -0.2) is 4.79 Å². The van der Waals surface area contributed by atoms with Crippen molar-refractivity contribution in [3.8, 4) is 0 Å². The molecule has 0 aromatic carbocycles. The number of hydrogen-bond acceptors (Lipinski definition) is 4. The van der Waals surface area contributed by atoms with Crippen LogP contribution < -0.4 is 10.6 Å². The van der Waals surface area contributed by atoms with Gasteiger partial charge in [-0.05, 0) is 46.1 Å². The van der Waals surface area contributed by atoms with Gasteiger partial charge in [0.1, 0.15) is 5.60 Å². The van der Waals surface area contributed by atoms with Gasteiger partial charge in [-0.2, -0.15) is 5.10 Å². The van der Waals surface area contributed by atoms with Crippen molar-refractivity contribution in [2.75, 3.05) is 0 Å². The average Bonchev–Trinajstić information content (AvgIpc) is 2.93. The number of alkyl carbamates (subject to hydrolysis) is 1. The number of carbonyl (C=O) groups excluding carboxylic acids is 1. The maximum Gasteiger partial charge on any atom is 0.407 e. The first kappa shape index (κ1) is 15.8. The highest BCUT2D eigenvalue weighted by Crippen LogP contribution is 2.20. The van der Waals surface area contributed by atoms with E-state index in [1.165, 1.54) is 0 Å². The summed E-state index contributed by atoms with van der Waals surface area (Å²) in [5.41, 5.74) is 0.679. The van der Waals surface area contributed by atoms with Crippen molar-refractivity contribution in [1.29, 1.82) is 0 Å². The Morgan fingerprint density at radius 1 is 1.43 bits per heavy atom. The quantitative estimate of drug-likeness (QED) is 0.890. The average molecular weight is 294 g/mol. The topological polar surface area (TPSA) is 68.2 Å². The fourth-order valence-electron chi connectivity index (χ4n) is 2.65. The molecule has 0 unspecified atom stereocenters. The van der Waals surface area contributed by atoms with Crippen molar-refractivity contribution < 1.29 is 9.53 Å². The molecule has 0 spiro atoms. The Kier molecular flexibility index (Phi) is 4.88. The van der Waals surface area contributed by atoms with E-state index < -0.39 is 5.60 Å². The molecule has 1 heterocycles. The summed E-state index contributed by atoms with van der Waals surface area (Å²) in [6.45, 7) is 6.38. The first-order valence-corrected chi connectivity index (χ1v) is 7.55. The van der Waals surface area contributed by atoms with Crippen LogP contribution in [0.3, 0.4) is 0 Å². The number of amides is 1. The van der Waals surface area contributed by atoms with Crippen LogP contribution in [0.25, 0.3) is 0 Å². The summed E-state index contributed by atoms with van der Waals surface area (Å²) in [4.78, 5) is 11.9. The lowest BCUT2D eigenvalue weighted by Crippen LogP contribution is -2.47. The van der Waals surface area contributed by atoms with Gasteiger partial charge in [0.2, 0.25) is 0 Å². The molecule has 6 nitrogen and oxygen atoms in total. The minimum Gasteiger partial charge on any atom is -0.444 e. The maximum atomic E-state index is 11.9. The minimum absolute atomic E-state index is 0.132. The monoisotopic (exact) mass is 294 g/mol. The van der Waals surface area contributed by atoms with Gasteiger partial charge in [-0.3, -0.25) is 4.68 Å². The van der Waals surface area contributed by atoms with Crippen LogP contribution in [-0.2, 0) is 18.3 Å². The number of ether oxygens (including phenoxy) is 1. The molecule has 1 saturated carbocycles. The molecule has 0 saturated heterocycles. The standard InChI is InChI=1S/C15H26N4O2/c1-15(2,3)21-14(20)18-13-7-5-6-12(13)16-10-11-8-9-17-19(11)4/h8-9,12-13,16H,5-7,10H2,1-4H3,(H,18,20)/t12-,13-/m1/s1. The molecule has 1 aromatic heterocycles. The first-order valence-electron chi connectivity index (χ1n) is 7.55. The highest BCUT2D eigenvalue weighted by atomic mass is 16.6. The molecule has 2 rings (SSSR count). The highest BCUT2D eigenvalue weighted by molar-refractivity contribution is 5.68. The van der Waals surface area contributed by atoms with Crippen LogP contribution in [0.1, 0.15) is 45.7 Å². The molecular weight excluding hydrogens is 268 g/mol. The molecule has 1 amide bonds. The number of carbonyl (C=O) groups is 1. The van der Waals surface area contributed by atoms with Gasteiger partial charge in [0.25, 0.3) is 0 Å². The third-order valence-electron chi connectivity index (χ3n) is 3.69. The number of aryl methyl sites for hydroxylation is 1. The summed E-state index contributed by atoms with van der Waals surface area (Å²) in [6.07, 6.45) is 4.63. The van der Waals surface area contributed by atoms with E-state index in [4.69, 9.17) is 4.74 Å². The fraction of sp³-hybridized carbons (Fsp3) is 0.733. The lowest BCUT2D eigenvalue weighted by Gasteiger charge is -2.25. The minimum atomic E-state index is -0.458. The summed E-state index contributed by atoms with van der Waals surface area (Å²) in [7, 11) is 1.93. The van der Waals surface area contributed by atoms with Crippen LogP contribution in [0, 0.1) is 0 Å². The van der Waals surface area contributed by atoms with Crippen molar-refractivity contribution >= 4 is 6.09 Å². The second kappa shape index (κ2) is 6.47. The van der Waals surface area contributed by atoms with Crippen molar-refractivity contribution in [1.82, 2.24) is 20.4 Å². The summed E-state index contributed by atoms with van der Waals surface area (Å²) in [5, 5.41) is 10.7. The van der Waals surface area contributed by atoms with E-state index in [2.05, 4.69) is 15.7 Å². The molecule has 1 fully saturated rings. The Bertz CT molecular complexity index is 478. The lowest BCUT2D eigenvalue weighted by atomic mass is 10.1. The molecule has 2 N–H and O–H groups in total. The van der Waals surface area contributed by atoms with Crippen LogP contribution >= 0.6 is 0 Å². The zero-order valence-electron chi connectivity index (χ0n) is 13.3. The third-order valence-corrected chi connectivity index (χ3v) is 3.69. The first-order chi connectivity index (χ1) is 9.85. The van der Waals surface area contributed by atoms with E-state index in [0.29, 0.717) is 0 Å². The third kappa shape index (κ3) is 4.74. The molecule has 118 valence electrons. The number of aromatic nitrogens is 2. The predicted octanol–water partition coefficient (Wildman–Crippen LogP) is 1.96. The number of nitrogens with zero attached hydrogens (tertiary/aromatic N) is 2. The maximum absolute atomic E-state index is 11.9. The van der Waals surface area contributed by atoms with Crippen molar-refractivity contribution in [2.45, 2.75) is 64.3 Å². The van der Waals surface area contributed by atoms with Gasteiger partial charge >= 0.3 is 6.09 Å². The molecule has 0 bridgehead atoms. The number of hydrogen-bond donors (Lipinski definition) is 2. The van der Waals surface area contributed by atoms with Crippen LogP contribution in [0.2, 0.25) is 0 Å². The van der Waals surface area contributed by atoms with Crippen LogP contribution in [0.4, 0.5) is 4.79 Å². The van der Waals surface area contributed by atoms with Crippen LogP contribution in [0.15, 0.2) is 12.3 Å². The van der Waals surface area contributed by atoms with Crippen molar-refractivity contribution in [3.05, 3.63) is 18.0 Å². The van der Waals surface area contributed by atoms with E-state index in [-0.39, 0.29) is 18.2 Å². The smallest absolute Gasteiger partial charge is 0.407 e. The Hall–Kier alpha value is -1.56. The van der Waals surface area contributed by atoms with E-state index in [1.807, 2.05) is 38.6 Å². The fourth-order valence-corrected chi connectivity index (χ4v) is 2.65. The Balaban J connectivity index is 1.83. The highest BCUT2D eigenvalue weighted by Gasteiger charge is 2.29. The molecule has 1 aromatic rings. The second-order valence-electron chi connectivity index (χ2n) is 6.62. The van der Waals surface area contributed by atoms with Gasteiger partial charge in [-0.15, -0.1) is 0 Å². The predicted molar refractivity (Wildman–Crippen MR) is 80.8 cm³/mol. The summed E-state index contributed by atoms with van der Waals surface area (Å²) >= 11 is 0. The zero-order valence-corrected chi connectivity index (χ0v) is 13.3. The molecular formula is C15H26N4O2. The van der Waals surface area contributed by atoms with Gasteiger partial charge in [0.05, 0.1) is 5.69 Å². The lowest BCUT2D eigenvalue weighted by molar-refractivity contribution is 0.0498. The normalized spacial score (nSPS) is 22.3. The summed E-state index contributed by atoms with van der Waals surface area (Å²) < 4.78 is 7.18. The van der Waals surface area contributed by atoms with Crippen LogP contribution in [0.5, 0.6) is 0 Å².